The van der Waals surface area contributed by atoms with Crippen LogP contribution in [0.15, 0.2) is 4.52 Å². The molecule has 0 bridgehead atoms. The molecule has 3 rings (SSSR count). The van der Waals surface area contributed by atoms with Crippen LogP contribution < -0.4 is 5.32 Å². The molecule has 5 heteroatoms. The van der Waals surface area contributed by atoms with E-state index in [-0.39, 0.29) is 0 Å². The smallest absolute Gasteiger partial charge is 0.223 e. The van der Waals surface area contributed by atoms with Crippen LogP contribution in [0.1, 0.15) is 43.8 Å². The summed E-state index contributed by atoms with van der Waals surface area (Å²) in [5, 5.41) is 7.75. The molecule has 19 heavy (non-hydrogen) atoms. The van der Waals surface area contributed by atoms with Gasteiger partial charge in [-0.3, -0.25) is 4.90 Å². The average Bonchev–Trinajstić information content (AvgIpc) is 2.83. The molecule has 106 valence electrons. The monoisotopic (exact) mass is 264 g/mol. The van der Waals surface area contributed by atoms with E-state index >= 15 is 0 Å². The first kappa shape index (κ1) is 13.1. The zero-order valence-electron chi connectivity index (χ0n) is 11.8. The van der Waals surface area contributed by atoms with Crippen molar-refractivity contribution in [2.75, 3.05) is 26.2 Å². The fraction of sp³-hybridized carbons (Fsp3) is 0.857. The first-order chi connectivity index (χ1) is 9.26. The van der Waals surface area contributed by atoms with Crippen molar-refractivity contribution in [3.8, 4) is 0 Å². The van der Waals surface area contributed by atoms with E-state index in [1.165, 1.54) is 38.6 Å². The highest BCUT2D eigenvalue weighted by molar-refractivity contribution is 4.97. The van der Waals surface area contributed by atoms with Gasteiger partial charge in [0.1, 0.15) is 0 Å². The lowest BCUT2D eigenvalue weighted by molar-refractivity contribution is 0.0998. The van der Waals surface area contributed by atoms with Crippen molar-refractivity contribution in [2.24, 2.45) is 0 Å². The maximum absolute atomic E-state index is 5.02. The van der Waals surface area contributed by atoms with Gasteiger partial charge in [-0.05, 0) is 12.8 Å². The van der Waals surface area contributed by atoms with Crippen molar-refractivity contribution in [2.45, 2.75) is 51.0 Å². The summed E-state index contributed by atoms with van der Waals surface area (Å²) in [5.41, 5.74) is 0.393. The molecule has 0 amide bonds. The molecule has 2 heterocycles. The van der Waals surface area contributed by atoms with Crippen LogP contribution >= 0.6 is 0 Å². The van der Waals surface area contributed by atoms with E-state index in [4.69, 9.17) is 4.52 Å². The highest BCUT2D eigenvalue weighted by Crippen LogP contribution is 2.30. The number of nitrogens with one attached hydrogen (secondary N) is 1. The normalized spacial score (nSPS) is 23.8. The minimum Gasteiger partial charge on any atom is -0.340 e. The second kappa shape index (κ2) is 5.59. The van der Waals surface area contributed by atoms with Crippen LogP contribution in [-0.2, 0) is 6.42 Å². The molecule has 1 saturated carbocycles. The summed E-state index contributed by atoms with van der Waals surface area (Å²) in [4.78, 5) is 6.84. The molecule has 5 nitrogen and oxygen atoms in total. The maximum Gasteiger partial charge on any atom is 0.223 e. The van der Waals surface area contributed by atoms with Crippen LogP contribution in [-0.4, -0.2) is 46.8 Å². The van der Waals surface area contributed by atoms with Crippen molar-refractivity contribution >= 4 is 0 Å². The highest BCUT2D eigenvalue weighted by atomic mass is 16.5. The SMILES string of the molecule is Cc1nc(CCN2CCNC3(CCCCC3)C2)no1. The third kappa shape index (κ3) is 3.15. The van der Waals surface area contributed by atoms with Crippen molar-refractivity contribution in [1.29, 1.82) is 0 Å². The van der Waals surface area contributed by atoms with Crippen molar-refractivity contribution in [3.63, 3.8) is 0 Å². The first-order valence-corrected chi connectivity index (χ1v) is 7.52. The van der Waals surface area contributed by atoms with Crippen molar-refractivity contribution in [3.05, 3.63) is 11.7 Å². The van der Waals surface area contributed by atoms with Gasteiger partial charge in [0.25, 0.3) is 0 Å². The Labute approximate surface area is 114 Å². The summed E-state index contributed by atoms with van der Waals surface area (Å²) in [6.07, 6.45) is 7.74. The third-order valence-corrected chi connectivity index (χ3v) is 4.49. The van der Waals surface area contributed by atoms with Crippen LogP contribution in [0.3, 0.4) is 0 Å². The van der Waals surface area contributed by atoms with Gasteiger partial charge in [-0.1, -0.05) is 24.4 Å². The molecule has 1 aromatic rings. The van der Waals surface area contributed by atoms with E-state index in [0.717, 1.165) is 31.9 Å². The molecule has 1 aliphatic heterocycles. The summed E-state index contributed by atoms with van der Waals surface area (Å²) < 4.78 is 5.02. The fourth-order valence-corrected chi connectivity index (χ4v) is 3.50. The highest BCUT2D eigenvalue weighted by Gasteiger charge is 2.35. The minimum atomic E-state index is 0.393. The van der Waals surface area contributed by atoms with Crippen molar-refractivity contribution in [1.82, 2.24) is 20.4 Å². The van der Waals surface area contributed by atoms with Crippen LogP contribution in [0, 0.1) is 6.92 Å². The first-order valence-electron chi connectivity index (χ1n) is 7.52. The molecular formula is C14H24N4O. The summed E-state index contributed by atoms with van der Waals surface area (Å²) in [6, 6.07) is 0. The zero-order valence-corrected chi connectivity index (χ0v) is 11.8. The second-order valence-electron chi connectivity index (χ2n) is 6.02. The Morgan fingerprint density at radius 1 is 1.32 bits per heavy atom. The van der Waals surface area contributed by atoms with Crippen LogP contribution in [0.2, 0.25) is 0 Å². The van der Waals surface area contributed by atoms with E-state index in [2.05, 4.69) is 20.4 Å². The largest absolute Gasteiger partial charge is 0.340 e. The molecule has 0 atom stereocenters. The van der Waals surface area contributed by atoms with Gasteiger partial charge >= 0.3 is 0 Å². The summed E-state index contributed by atoms with van der Waals surface area (Å²) in [6.45, 7) is 6.33. The van der Waals surface area contributed by atoms with Gasteiger partial charge in [0.15, 0.2) is 5.82 Å². The van der Waals surface area contributed by atoms with Crippen LogP contribution in [0.5, 0.6) is 0 Å². The van der Waals surface area contributed by atoms with Gasteiger partial charge in [0.2, 0.25) is 5.89 Å². The Morgan fingerprint density at radius 2 is 2.16 bits per heavy atom. The van der Waals surface area contributed by atoms with Gasteiger partial charge in [-0.15, -0.1) is 0 Å². The average molecular weight is 264 g/mol. The molecule has 1 N–H and O–H groups in total. The molecule has 0 unspecified atom stereocenters. The second-order valence-corrected chi connectivity index (χ2v) is 6.02. The molecule has 2 fully saturated rings. The Bertz CT molecular complexity index is 406. The lowest BCUT2D eigenvalue weighted by atomic mass is 9.80. The van der Waals surface area contributed by atoms with E-state index in [1.54, 1.807) is 0 Å². The van der Waals surface area contributed by atoms with Crippen LogP contribution in [0.4, 0.5) is 0 Å². The lowest BCUT2D eigenvalue weighted by Gasteiger charge is -2.46. The Balaban J connectivity index is 1.53. The van der Waals surface area contributed by atoms with Crippen LogP contribution in [0.25, 0.3) is 0 Å². The minimum absolute atomic E-state index is 0.393. The number of rotatable bonds is 3. The third-order valence-electron chi connectivity index (χ3n) is 4.49. The molecule has 0 radical (unpaired) electrons. The number of hydrogen-bond donors (Lipinski definition) is 1. The van der Waals surface area contributed by atoms with Crippen molar-refractivity contribution < 1.29 is 4.52 Å². The predicted molar refractivity (Wildman–Crippen MR) is 73.0 cm³/mol. The molecule has 1 aromatic heterocycles. The molecule has 2 aliphatic rings. The summed E-state index contributed by atoms with van der Waals surface area (Å²) in [7, 11) is 0. The van der Waals surface area contributed by atoms with Gasteiger partial charge in [-0.25, -0.2) is 0 Å². The quantitative estimate of drug-likeness (QED) is 0.897. The lowest BCUT2D eigenvalue weighted by Crippen LogP contribution is -2.61. The fourth-order valence-electron chi connectivity index (χ4n) is 3.50. The van der Waals surface area contributed by atoms with Gasteiger partial charge in [-0.2, -0.15) is 4.98 Å². The summed E-state index contributed by atoms with van der Waals surface area (Å²) >= 11 is 0. The standard InChI is InChI=1S/C14H24N4O/c1-12-16-13(17-19-12)5-9-18-10-8-15-14(11-18)6-3-2-4-7-14/h15H,2-11H2,1H3. The van der Waals surface area contributed by atoms with Gasteiger partial charge < -0.3 is 9.84 Å². The number of aromatic nitrogens is 2. The zero-order chi connectivity index (χ0) is 13.1. The maximum atomic E-state index is 5.02. The Morgan fingerprint density at radius 3 is 2.89 bits per heavy atom. The van der Waals surface area contributed by atoms with E-state index in [9.17, 15) is 0 Å². The number of hydrogen-bond acceptors (Lipinski definition) is 5. The number of aryl methyl sites for hydroxylation is 1. The molecule has 0 aromatic carbocycles. The number of piperazine rings is 1. The van der Waals surface area contributed by atoms with Gasteiger partial charge in [0, 0.05) is 45.1 Å². The Hall–Kier alpha value is -0.940. The number of nitrogens with zero attached hydrogens (tertiary/aromatic N) is 3. The topological polar surface area (TPSA) is 54.2 Å². The molecule has 1 aliphatic carbocycles. The predicted octanol–water partition coefficient (Wildman–Crippen LogP) is 1.53. The Kier molecular flexibility index (Phi) is 3.84. The molecule has 1 spiro atoms. The van der Waals surface area contributed by atoms with E-state index in [0.29, 0.717) is 11.4 Å². The van der Waals surface area contributed by atoms with Gasteiger partial charge in [0.05, 0.1) is 0 Å². The summed E-state index contributed by atoms with van der Waals surface area (Å²) in [5.74, 6) is 1.51. The van der Waals surface area contributed by atoms with E-state index < -0.39 is 0 Å². The molecule has 1 saturated heterocycles. The molecular weight excluding hydrogens is 240 g/mol. The van der Waals surface area contributed by atoms with E-state index in [1.807, 2.05) is 6.92 Å².